The highest BCUT2D eigenvalue weighted by Gasteiger charge is 2.14. The van der Waals surface area contributed by atoms with E-state index < -0.39 is 11.6 Å². The van der Waals surface area contributed by atoms with Gasteiger partial charge in [0.1, 0.15) is 0 Å². The summed E-state index contributed by atoms with van der Waals surface area (Å²) in [6.45, 7) is 0. The summed E-state index contributed by atoms with van der Waals surface area (Å²) in [4.78, 5) is 0. The van der Waals surface area contributed by atoms with Crippen molar-refractivity contribution in [3.05, 3.63) is 68.1 Å². The fourth-order valence-corrected chi connectivity index (χ4v) is 3.38. The fraction of sp³-hybridized carbons (Fsp3) is 0.200. The molecule has 0 amide bonds. The summed E-state index contributed by atoms with van der Waals surface area (Å²) in [6, 6.07) is 9.94. The van der Waals surface area contributed by atoms with Gasteiger partial charge in [0.2, 0.25) is 0 Å². The van der Waals surface area contributed by atoms with Crippen molar-refractivity contribution in [2.45, 2.75) is 12.5 Å². The molecule has 1 unspecified atom stereocenters. The molecule has 2 aromatic carbocycles. The Balaban J connectivity index is 2.26. The Labute approximate surface area is 133 Å². The van der Waals surface area contributed by atoms with Crippen molar-refractivity contribution < 1.29 is 8.78 Å². The molecule has 0 saturated heterocycles. The Bertz CT molecular complexity index is 617. The largest absolute Gasteiger partial charge is 0.313 e. The van der Waals surface area contributed by atoms with Crippen LogP contribution < -0.4 is 5.32 Å². The summed E-state index contributed by atoms with van der Waals surface area (Å²) in [7, 11) is 1.85. The number of benzene rings is 2. The van der Waals surface area contributed by atoms with Crippen LogP contribution in [0, 0.1) is 11.6 Å². The monoisotopic (exact) mass is 403 g/mol. The quantitative estimate of drug-likeness (QED) is 0.756. The molecule has 0 bridgehead atoms. The van der Waals surface area contributed by atoms with Gasteiger partial charge in [-0.2, -0.15) is 0 Å². The Kier molecular flexibility index (Phi) is 5.29. The highest BCUT2D eigenvalue weighted by Crippen LogP contribution is 2.29. The van der Waals surface area contributed by atoms with Gasteiger partial charge in [-0.15, -0.1) is 0 Å². The SMILES string of the molecule is CNC(Cc1ccc(F)c(F)c1)c1ccc(Br)cc1Br. The minimum absolute atomic E-state index is 0.0161. The fourth-order valence-electron chi connectivity index (χ4n) is 2.05. The molecular formula is C15H13Br2F2N. The van der Waals surface area contributed by atoms with Crippen molar-refractivity contribution in [2.75, 3.05) is 7.05 Å². The van der Waals surface area contributed by atoms with Crippen molar-refractivity contribution >= 4 is 31.9 Å². The molecule has 106 valence electrons. The van der Waals surface area contributed by atoms with Crippen LogP contribution in [0.2, 0.25) is 0 Å². The van der Waals surface area contributed by atoms with Crippen LogP contribution in [0.3, 0.4) is 0 Å². The topological polar surface area (TPSA) is 12.0 Å². The standard InChI is InChI=1S/C15H13Br2F2N/c1-20-15(11-4-3-10(16)8-12(11)17)7-9-2-5-13(18)14(19)6-9/h2-6,8,15,20H,7H2,1H3. The molecule has 20 heavy (non-hydrogen) atoms. The van der Waals surface area contributed by atoms with Crippen LogP contribution in [0.4, 0.5) is 8.78 Å². The molecule has 0 fully saturated rings. The van der Waals surface area contributed by atoms with Gasteiger partial charge in [0.15, 0.2) is 11.6 Å². The van der Waals surface area contributed by atoms with Gasteiger partial charge < -0.3 is 5.32 Å². The molecular weight excluding hydrogens is 392 g/mol. The van der Waals surface area contributed by atoms with E-state index in [0.717, 1.165) is 26.1 Å². The van der Waals surface area contributed by atoms with E-state index in [4.69, 9.17) is 0 Å². The van der Waals surface area contributed by atoms with Crippen molar-refractivity contribution in [2.24, 2.45) is 0 Å². The highest BCUT2D eigenvalue weighted by molar-refractivity contribution is 9.11. The second kappa shape index (κ2) is 6.78. The second-order valence-corrected chi connectivity index (χ2v) is 6.23. The van der Waals surface area contributed by atoms with Crippen LogP contribution in [0.5, 0.6) is 0 Å². The molecule has 1 atom stereocenters. The Morgan fingerprint density at radius 1 is 1.05 bits per heavy atom. The van der Waals surface area contributed by atoms with Crippen molar-refractivity contribution in [3.63, 3.8) is 0 Å². The van der Waals surface area contributed by atoms with Gasteiger partial charge in [-0.05, 0) is 48.9 Å². The molecule has 1 nitrogen and oxygen atoms in total. The molecule has 5 heteroatoms. The average molecular weight is 405 g/mol. The molecule has 0 spiro atoms. The molecule has 0 aliphatic carbocycles. The first-order chi connectivity index (χ1) is 9.51. The average Bonchev–Trinajstić information content (AvgIpc) is 2.41. The number of nitrogens with one attached hydrogen (secondary N) is 1. The van der Waals surface area contributed by atoms with E-state index in [1.807, 2.05) is 25.2 Å². The van der Waals surface area contributed by atoms with Crippen LogP contribution in [0.15, 0.2) is 45.3 Å². The van der Waals surface area contributed by atoms with Crippen molar-refractivity contribution in [3.8, 4) is 0 Å². The molecule has 0 aliphatic heterocycles. The van der Waals surface area contributed by atoms with E-state index >= 15 is 0 Å². The van der Waals surface area contributed by atoms with Gasteiger partial charge in [0.25, 0.3) is 0 Å². The smallest absolute Gasteiger partial charge is 0.159 e. The highest BCUT2D eigenvalue weighted by atomic mass is 79.9. The molecule has 2 aromatic rings. The van der Waals surface area contributed by atoms with Crippen LogP contribution in [-0.2, 0) is 6.42 Å². The number of rotatable bonds is 4. The first-order valence-electron chi connectivity index (χ1n) is 6.07. The van der Waals surface area contributed by atoms with E-state index in [1.165, 1.54) is 6.07 Å². The number of hydrogen-bond acceptors (Lipinski definition) is 1. The van der Waals surface area contributed by atoms with E-state index in [0.29, 0.717) is 6.42 Å². The zero-order valence-electron chi connectivity index (χ0n) is 10.8. The zero-order chi connectivity index (χ0) is 14.7. The second-order valence-electron chi connectivity index (χ2n) is 4.46. The van der Waals surface area contributed by atoms with Crippen molar-refractivity contribution in [1.29, 1.82) is 0 Å². The zero-order valence-corrected chi connectivity index (χ0v) is 13.9. The predicted octanol–water partition coefficient (Wildman–Crippen LogP) is 4.99. The lowest BCUT2D eigenvalue weighted by atomic mass is 9.99. The van der Waals surface area contributed by atoms with Gasteiger partial charge in [-0.1, -0.05) is 44.0 Å². The number of likely N-dealkylation sites (N-methyl/N-ethyl adjacent to an activating group) is 1. The molecule has 2 rings (SSSR count). The summed E-state index contributed by atoms with van der Waals surface area (Å²) in [5, 5.41) is 3.20. The maximum Gasteiger partial charge on any atom is 0.159 e. The Morgan fingerprint density at radius 2 is 1.80 bits per heavy atom. The first-order valence-corrected chi connectivity index (χ1v) is 7.66. The van der Waals surface area contributed by atoms with Gasteiger partial charge >= 0.3 is 0 Å². The maximum absolute atomic E-state index is 13.3. The van der Waals surface area contributed by atoms with Gasteiger partial charge in [-0.3, -0.25) is 0 Å². The molecule has 0 saturated carbocycles. The number of halogens is 4. The third-order valence-electron chi connectivity index (χ3n) is 3.11. The Hall–Kier alpha value is -0.780. The minimum Gasteiger partial charge on any atom is -0.313 e. The van der Waals surface area contributed by atoms with Gasteiger partial charge in [0, 0.05) is 15.0 Å². The number of hydrogen-bond donors (Lipinski definition) is 1. The molecule has 0 aromatic heterocycles. The van der Waals surface area contributed by atoms with Gasteiger partial charge in [0.05, 0.1) is 0 Å². The van der Waals surface area contributed by atoms with Crippen LogP contribution in [0.1, 0.15) is 17.2 Å². The summed E-state index contributed by atoms with van der Waals surface area (Å²) in [5.74, 6) is -1.63. The normalized spacial score (nSPS) is 12.4. The van der Waals surface area contributed by atoms with Crippen LogP contribution >= 0.6 is 31.9 Å². The first kappa shape index (κ1) is 15.6. The van der Waals surface area contributed by atoms with Gasteiger partial charge in [-0.25, -0.2) is 8.78 Å². The summed E-state index contributed by atoms with van der Waals surface area (Å²) in [5.41, 5.74) is 1.82. The summed E-state index contributed by atoms with van der Waals surface area (Å²) >= 11 is 6.93. The van der Waals surface area contributed by atoms with E-state index in [1.54, 1.807) is 6.07 Å². The van der Waals surface area contributed by atoms with Crippen LogP contribution in [-0.4, -0.2) is 7.05 Å². The van der Waals surface area contributed by atoms with E-state index in [9.17, 15) is 8.78 Å². The summed E-state index contributed by atoms with van der Waals surface area (Å²) < 4.78 is 28.2. The Morgan fingerprint density at radius 3 is 2.40 bits per heavy atom. The third kappa shape index (κ3) is 3.65. The molecule has 0 aliphatic rings. The van der Waals surface area contributed by atoms with Crippen molar-refractivity contribution in [1.82, 2.24) is 5.32 Å². The lowest BCUT2D eigenvalue weighted by Gasteiger charge is -2.18. The van der Waals surface area contributed by atoms with E-state index in [-0.39, 0.29) is 6.04 Å². The minimum atomic E-state index is -0.820. The van der Waals surface area contributed by atoms with E-state index in [2.05, 4.69) is 37.2 Å². The third-order valence-corrected chi connectivity index (χ3v) is 4.29. The lowest BCUT2D eigenvalue weighted by Crippen LogP contribution is -2.19. The maximum atomic E-state index is 13.3. The lowest BCUT2D eigenvalue weighted by molar-refractivity contribution is 0.504. The molecule has 1 N–H and O–H groups in total. The summed E-state index contributed by atoms with van der Waals surface area (Å²) in [6.07, 6.45) is 0.577. The molecule has 0 heterocycles. The van der Waals surface area contributed by atoms with Crippen LogP contribution in [0.25, 0.3) is 0 Å². The molecule has 0 radical (unpaired) electrons. The predicted molar refractivity (Wildman–Crippen MR) is 83.7 cm³/mol.